The van der Waals surface area contributed by atoms with E-state index < -0.39 is 5.82 Å². The molecule has 4 nitrogen and oxygen atoms in total. The van der Waals surface area contributed by atoms with E-state index in [0.29, 0.717) is 22.7 Å². The molecule has 0 saturated carbocycles. The lowest BCUT2D eigenvalue weighted by molar-refractivity contribution is 0.471. The molecule has 5 heteroatoms. The Balaban J connectivity index is 2.03. The molecular weight excluding hydrogens is 235 g/mol. The average molecular weight is 244 g/mol. The molecule has 0 amide bonds. The van der Waals surface area contributed by atoms with Gasteiger partial charge in [0.2, 0.25) is 0 Å². The van der Waals surface area contributed by atoms with E-state index in [-0.39, 0.29) is 5.75 Å². The maximum absolute atomic E-state index is 12.9. The van der Waals surface area contributed by atoms with Crippen LogP contribution < -0.4 is 0 Å². The zero-order chi connectivity index (χ0) is 12.5. The lowest BCUT2D eigenvalue weighted by atomic mass is 10.1. The van der Waals surface area contributed by atoms with Gasteiger partial charge < -0.3 is 9.52 Å². The number of hydrogen-bond donors (Lipinski definition) is 2. The molecule has 0 atom stereocenters. The molecular formula is C13H9FN2O2. The molecule has 0 aliphatic carbocycles. The fourth-order valence-corrected chi connectivity index (χ4v) is 1.74. The Morgan fingerprint density at radius 2 is 2.11 bits per heavy atom. The van der Waals surface area contributed by atoms with Crippen LogP contribution in [-0.2, 0) is 0 Å². The molecule has 2 heterocycles. The maximum Gasteiger partial charge on any atom is 0.151 e. The number of rotatable bonds is 2. The molecule has 90 valence electrons. The van der Waals surface area contributed by atoms with Gasteiger partial charge in [0.15, 0.2) is 5.76 Å². The van der Waals surface area contributed by atoms with Crippen LogP contribution in [0, 0.1) is 5.82 Å². The predicted molar refractivity (Wildman–Crippen MR) is 63.3 cm³/mol. The summed E-state index contributed by atoms with van der Waals surface area (Å²) in [7, 11) is 0. The fourth-order valence-electron chi connectivity index (χ4n) is 1.74. The number of phenolic OH excluding ortho intramolecular Hbond substituents is 1. The molecule has 0 radical (unpaired) electrons. The first-order valence-electron chi connectivity index (χ1n) is 5.32. The summed E-state index contributed by atoms with van der Waals surface area (Å²) >= 11 is 0. The van der Waals surface area contributed by atoms with E-state index in [2.05, 4.69) is 10.2 Å². The van der Waals surface area contributed by atoms with Crippen LogP contribution >= 0.6 is 0 Å². The van der Waals surface area contributed by atoms with Crippen LogP contribution in [0.15, 0.2) is 47.1 Å². The first kappa shape index (κ1) is 10.6. The molecule has 3 aromatic rings. The van der Waals surface area contributed by atoms with E-state index in [4.69, 9.17) is 4.42 Å². The lowest BCUT2D eigenvalue weighted by Crippen LogP contribution is -1.81. The number of aromatic hydroxyl groups is 1. The van der Waals surface area contributed by atoms with Crippen molar-refractivity contribution in [1.82, 2.24) is 10.2 Å². The van der Waals surface area contributed by atoms with Crippen molar-refractivity contribution in [3.05, 3.63) is 48.5 Å². The molecule has 0 aliphatic rings. The molecule has 2 aromatic heterocycles. The average Bonchev–Trinajstić information content (AvgIpc) is 2.99. The number of nitrogens with zero attached hydrogens (tertiary/aromatic N) is 1. The van der Waals surface area contributed by atoms with Crippen molar-refractivity contribution in [1.29, 1.82) is 0 Å². The molecule has 18 heavy (non-hydrogen) atoms. The Morgan fingerprint density at radius 1 is 1.22 bits per heavy atom. The second kappa shape index (κ2) is 4.03. The highest BCUT2D eigenvalue weighted by atomic mass is 19.1. The highest BCUT2D eigenvalue weighted by Crippen LogP contribution is 2.30. The van der Waals surface area contributed by atoms with Crippen molar-refractivity contribution in [2.45, 2.75) is 0 Å². The van der Waals surface area contributed by atoms with Gasteiger partial charge in [-0.05, 0) is 30.3 Å². The van der Waals surface area contributed by atoms with Crippen molar-refractivity contribution in [3.8, 4) is 28.5 Å². The molecule has 0 fully saturated rings. The maximum atomic E-state index is 12.9. The number of nitrogens with one attached hydrogen (secondary N) is 1. The number of benzene rings is 1. The minimum Gasteiger partial charge on any atom is -0.507 e. The van der Waals surface area contributed by atoms with Crippen molar-refractivity contribution in [2.24, 2.45) is 0 Å². The predicted octanol–water partition coefficient (Wildman–Crippen LogP) is 3.18. The van der Waals surface area contributed by atoms with Gasteiger partial charge in [-0.25, -0.2) is 4.39 Å². The zero-order valence-corrected chi connectivity index (χ0v) is 9.22. The van der Waals surface area contributed by atoms with E-state index in [9.17, 15) is 9.50 Å². The van der Waals surface area contributed by atoms with Crippen LogP contribution in [0.3, 0.4) is 0 Å². The number of aromatic amines is 1. The van der Waals surface area contributed by atoms with Crippen LogP contribution in [-0.4, -0.2) is 15.3 Å². The fraction of sp³-hybridized carbons (Fsp3) is 0. The summed E-state index contributed by atoms with van der Waals surface area (Å²) in [4.78, 5) is 0. The smallest absolute Gasteiger partial charge is 0.151 e. The molecule has 0 aliphatic heterocycles. The van der Waals surface area contributed by atoms with E-state index in [0.717, 1.165) is 6.07 Å². The Kier molecular flexibility index (Phi) is 2.37. The third kappa shape index (κ3) is 1.75. The summed E-state index contributed by atoms with van der Waals surface area (Å²) in [6.45, 7) is 0. The van der Waals surface area contributed by atoms with Gasteiger partial charge in [0.1, 0.15) is 17.3 Å². The van der Waals surface area contributed by atoms with E-state index in [1.807, 2.05) is 0 Å². The molecule has 0 spiro atoms. The van der Waals surface area contributed by atoms with Crippen molar-refractivity contribution >= 4 is 0 Å². The first-order valence-corrected chi connectivity index (χ1v) is 5.32. The monoisotopic (exact) mass is 244 g/mol. The van der Waals surface area contributed by atoms with Gasteiger partial charge in [-0.2, -0.15) is 5.10 Å². The second-order valence-corrected chi connectivity index (χ2v) is 3.81. The third-order valence-corrected chi connectivity index (χ3v) is 2.60. The van der Waals surface area contributed by atoms with E-state index >= 15 is 0 Å². The lowest BCUT2D eigenvalue weighted by Gasteiger charge is -1.99. The number of halogens is 1. The van der Waals surface area contributed by atoms with Crippen LogP contribution in [0.2, 0.25) is 0 Å². The van der Waals surface area contributed by atoms with Crippen LogP contribution in [0.5, 0.6) is 5.75 Å². The summed E-state index contributed by atoms with van der Waals surface area (Å²) in [6.07, 6.45) is 1.56. The SMILES string of the molecule is Oc1cc(F)ccc1-c1cc(-c2ccco2)[nH]n1. The summed E-state index contributed by atoms with van der Waals surface area (Å²) in [5.41, 5.74) is 1.68. The molecule has 2 N–H and O–H groups in total. The summed E-state index contributed by atoms with van der Waals surface area (Å²) in [6, 6.07) is 9.10. The number of phenols is 1. The number of hydrogen-bond acceptors (Lipinski definition) is 3. The topological polar surface area (TPSA) is 62.1 Å². The minimum absolute atomic E-state index is 0.146. The van der Waals surface area contributed by atoms with Gasteiger partial charge in [-0.3, -0.25) is 5.10 Å². The molecule has 3 rings (SSSR count). The van der Waals surface area contributed by atoms with Gasteiger partial charge >= 0.3 is 0 Å². The number of aromatic nitrogens is 2. The van der Waals surface area contributed by atoms with Gasteiger partial charge in [-0.15, -0.1) is 0 Å². The standard InChI is InChI=1S/C13H9FN2O2/c14-8-3-4-9(12(17)6-8)10-7-11(16-15-10)13-2-1-5-18-13/h1-7,17H,(H,15,16). The van der Waals surface area contributed by atoms with Gasteiger partial charge in [0.25, 0.3) is 0 Å². The first-order chi connectivity index (χ1) is 8.74. The largest absolute Gasteiger partial charge is 0.507 e. The Labute approximate surface area is 102 Å². The Morgan fingerprint density at radius 3 is 2.83 bits per heavy atom. The van der Waals surface area contributed by atoms with Crippen molar-refractivity contribution < 1.29 is 13.9 Å². The highest BCUT2D eigenvalue weighted by molar-refractivity contribution is 5.70. The summed E-state index contributed by atoms with van der Waals surface area (Å²) in [5.74, 6) is 0.0147. The molecule has 1 aromatic carbocycles. The number of furan rings is 1. The van der Waals surface area contributed by atoms with E-state index in [1.165, 1.54) is 12.1 Å². The summed E-state index contributed by atoms with van der Waals surface area (Å²) < 4.78 is 18.1. The third-order valence-electron chi connectivity index (χ3n) is 2.60. The van der Waals surface area contributed by atoms with Crippen LogP contribution in [0.25, 0.3) is 22.7 Å². The zero-order valence-electron chi connectivity index (χ0n) is 9.22. The van der Waals surface area contributed by atoms with Gasteiger partial charge in [-0.1, -0.05) is 0 Å². The number of H-pyrrole nitrogens is 1. The molecule has 0 unspecified atom stereocenters. The van der Waals surface area contributed by atoms with Crippen LogP contribution in [0.1, 0.15) is 0 Å². The van der Waals surface area contributed by atoms with Crippen molar-refractivity contribution in [3.63, 3.8) is 0 Å². The quantitative estimate of drug-likeness (QED) is 0.727. The van der Waals surface area contributed by atoms with Gasteiger partial charge in [0.05, 0.1) is 12.0 Å². The second-order valence-electron chi connectivity index (χ2n) is 3.81. The summed E-state index contributed by atoms with van der Waals surface area (Å²) in [5, 5.41) is 16.5. The van der Waals surface area contributed by atoms with E-state index in [1.54, 1.807) is 24.5 Å². The van der Waals surface area contributed by atoms with Crippen LogP contribution in [0.4, 0.5) is 4.39 Å². The Hall–Kier alpha value is -2.56. The van der Waals surface area contributed by atoms with Gasteiger partial charge in [0, 0.05) is 11.6 Å². The molecule has 0 saturated heterocycles. The van der Waals surface area contributed by atoms with Crippen molar-refractivity contribution in [2.75, 3.05) is 0 Å². The minimum atomic E-state index is -0.488. The normalized spacial score (nSPS) is 10.7. The Bertz CT molecular complexity index is 674. The highest BCUT2D eigenvalue weighted by Gasteiger charge is 2.11. The molecule has 0 bridgehead atoms.